The SMILES string of the molecule is COc1cc(C#N)c(O)cc1C(=O)CCl. The molecule has 0 unspecified atom stereocenters. The second-order valence-corrected chi connectivity index (χ2v) is 3.01. The molecule has 0 heterocycles. The number of nitrogens with zero attached hydrogens (tertiary/aromatic N) is 1. The molecular formula is C10H8ClNO3. The highest BCUT2D eigenvalue weighted by molar-refractivity contribution is 6.30. The number of alkyl halides is 1. The Morgan fingerprint density at radius 3 is 2.80 bits per heavy atom. The summed E-state index contributed by atoms with van der Waals surface area (Å²) >= 11 is 5.39. The lowest BCUT2D eigenvalue weighted by molar-refractivity contribution is 0.101. The topological polar surface area (TPSA) is 70.3 Å². The number of methoxy groups -OCH3 is 1. The van der Waals surface area contributed by atoms with Crippen LogP contribution < -0.4 is 4.74 Å². The van der Waals surface area contributed by atoms with Crippen LogP contribution in [0.25, 0.3) is 0 Å². The molecule has 0 saturated heterocycles. The number of nitriles is 1. The Balaban J connectivity index is 3.35. The summed E-state index contributed by atoms with van der Waals surface area (Å²) in [5.41, 5.74) is 0.224. The van der Waals surface area contributed by atoms with Gasteiger partial charge in [-0.2, -0.15) is 5.26 Å². The number of hydrogen-bond acceptors (Lipinski definition) is 4. The minimum Gasteiger partial charge on any atom is -0.507 e. The van der Waals surface area contributed by atoms with E-state index in [-0.39, 0.29) is 34.3 Å². The van der Waals surface area contributed by atoms with Crippen LogP contribution in [0.2, 0.25) is 0 Å². The van der Waals surface area contributed by atoms with Crippen LogP contribution >= 0.6 is 11.6 Å². The molecule has 0 aliphatic heterocycles. The van der Waals surface area contributed by atoms with Crippen molar-refractivity contribution in [1.29, 1.82) is 5.26 Å². The van der Waals surface area contributed by atoms with E-state index >= 15 is 0 Å². The molecule has 0 fully saturated rings. The van der Waals surface area contributed by atoms with Gasteiger partial charge in [0.15, 0.2) is 5.78 Å². The zero-order valence-corrected chi connectivity index (χ0v) is 8.71. The van der Waals surface area contributed by atoms with Crippen LogP contribution in [-0.2, 0) is 0 Å². The first-order chi connectivity index (χ1) is 7.13. The van der Waals surface area contributed by atoms with Gasteiger partial charge in [-0.25, -0.2) is 0 Å². The quantitative estimate of drug-likeness (QED) is 0.628. The molecule has 0 amide bonds. The zero-order chi connectivity index (χ0) is 11.4. The molecule has 0 atom stereocenters. The molecule has 5 heteroatoms. The van der Waals surface area contributed by atoms with Crippen LogP contribution in [0.15, 0.2) is 12.1 Å². The Bertz CT molecular complexity index is 437. The van der Waals surface area contributed by atoms with E-state index in [1.807, 2.05) is 0 Å². The van der Waals surface area contributed by atoms with Crippen LogP contribution in [-0.4, -0.2) is 23.9 Å². The smallest absolute Gasteiger partial charge is 0.181 e. The van der Waals surface area contributed by atoms with E-state index in [2.05, 4.69) is 0 Å². The number of phenols is 1. The van der Waals surface area contributed by atoms with Gasteiger partial charge in [0.05, 0.1) is 24.1 Å². The maximum absolute atomic E-state index is 11.3. The monoisotopic (exact) mass is 225 g/mol. The van der Waals surface area contributed by atoms with Gasteiger partial charge in [-0.1, -0.05) is 0 Å². The second kappa shape index (κ2) is 4.67. The highest BCUT2D eigenvalue weighted by atomic mass is 35.5. The van der Waals surface area contributed by atoms with Crippen molar-refractivity contribution >= 4 is 17.4 Å². The van der Waals surface area contributed by atoms with E-state index in [0.29, 0.717) is 0 Å². The molecule has 1 N–H and O–H groups in total. The predicted octanol–water partition coefficient (Wildman–Crippen LogP) is 1.69. The summed E-state index contributed by atoms with van der Waals surface area (Å²) in [4.78, 5) is 11.3. The first-order valence-electron chi connectivity index (χ1n) is 4.04. The Kier molecular flexibility index (Phi) is 3.53. The fourth-order valence-electron chi connectivity index (χ4n) is 1.12. The van der Waals surface area contributed by atoms with Crippen molar-refractivity contribution < 1.29 is 14.6 Å². The molecule has 15 heavy (non-hydrogen) atoms. The summed E-state index contributed by atoms with van der Waals surface area (Å²) in [5, 5.41) is 18.0. The number of carbonyl (C=O) groups is 1. The first-order valence-corrected chi connectivity index (χ1v) is 4.57. The fraction of sp³-hybridized carbons (Fsp3) is 0.200. The molecule has 78 valence electrons. The lowest BCUT2D eigenvalue weighted by atomic mass is 10.1. The Hall–Kier alpha value is -1.73. The number of ketones is 1. The lowest BCUT2D eigenvalue weighted by Gasteiger charge is -2.07. The Labute approximate surface area is 91.7 Å². The third kappa shape index (κ3) is 2.20. The number of phenolic OH excluding ortho intramolecular Hbond substituents is 1. The number of rotatable bonds is 3. The molecule has 1 aromatic rings. The molecular weight excluding hydrogens is 218 g/mol. The van der Waals surface area contributed by atoms with Crippen LogP contribution in [0, 0.1) is 11.3 Å². The molecule has 0 bridgehead atoms. The van der Waals surface area contributed by atoms with Gasteiger partial charge in [0, 0.05) is 6.07 Å². The molecule has 0 radical (unpaired) electrons. The highest BCUT2D eigenvalue weighted by Gasteiger charge is 2.15. The Morgan fingerprint density at radius 1 is 1.67 bits per heavy atom. The van der Waals surface area contributed by atoms with Crippen molar-refractivity contribution in [1.82, 2.24) is 0 Å². The van der Waals surface area contributed by atoms with Crippen LogP contribution in [0.4, 0.5) is 0 Å². The largest absolute Gasteiger partial charge is 0.507 e. The molecule has 0 aliphatic rings. The summed E-state index contributed by atoms with van der Waals surface area (Å²) < 4.78 is 4.92. The molecule has 0 spiro atoms. The van der Waals surface area contributed by atoms with Gasteiger partial charge in [-0.3, -0.25) is 4.79 Å². The highest BCUT2D eigenvalue weighted by Crippen LogP contribution is 2.28. The molecule has 0 aromatic heterocycles. The van der Waals surface area contributed by atoms with Crippen molar-refractivity contribution in [2.24, 2.45) is 0 Å². The molecule has 0 aliphatic carbocycles. The number of carbonyl (C=O) groups excluding carboxylic acids is 1. The van der Waals surface area contributed by atoms with Crippen LogP contribution in [0.5, 0.6) is 11.5 Å². The van der Waals surface area contributed by atoms with E-state index in [9.17, 15) is 9.90 Å². The summed E-state index contributed by atoms with van der Waals surface area (Å²) in [5.74, 6) is -0.600. The van der Waals surface area contributed by atoms with E-state index in [1.165, 1.54) is 19.2 Å². The number of benzene rings is 1. The number of aromatic hydroxyl groups is 1. The van der Waals surface area contributed by atoms with Gasteiger partial charge in [0.25, 0.3) is 0 Å². The first kappa shape index (κ1) is 11.3. The number of ether oxygens (including phenoxy) is 1. The van der Waals surface area contributed by atoms with Crippen molar-refractivity contribution in [2.75, 3.05) is 13.0 Å². The van der Waals surface area contributed by atoms with Gasteiger partial charge >= 0.3 is 0 Å². The van der Waals surface area contributed by atoms with E-state index in [1.54, 1.807) is 6.07 Å². The van der Waals surface area contributed by atoms with Gasteiger partial charge in [0.1, 0.15) is 17.6 Å². The maximum atomic E-state index is 11.3. The average Bonchev–Trinajstić information content (AvgIpc) is 2.27. The maximum Gasteiger partial charge on any atom is 0.181 e. The van der Waals surface area contributed by atoms with Crippen molar-refractivity contribution in [3.63, 3.8) is 0 Å². The number of hydrogen-bond donors (Lipinski definition) is 1. The van der Waals surface area contributed by atoms with Crippen LogP contribution in [0.3, 0.4) is 0 Å². The fourth-order valence-corrected chi connectivity index (χ4v) is 1.26. The van der Waals surface area contributed by atoms with Gasteiger partial charge in [-0.15, -0.1) is 11.6 Å². The molecule has 0 saturated carbocycles. The third-order valence-corrected chi connectivity index (χ3v) is 2.10. The predicted molar refractivity (Wildman–Crippen MR) is 54.4 cm³/mol. The number of halogens is 1. The average molecular weight is 226 g/mol. The Morgan fingerprint density at radius 2 is 2.33 bits per heavy atom. The molecule has 4 nitrogen and oxygen atoms in total. The van der Waals surface area contributed by atoms with Crippen molar-refractivity contribution in [3.05, 3.63) is 23.3 Å². The standard InChI is InChI=1S/C10H8ClNO3/c1-15-10-2-6(5-12)8(13)3-7(10)9(14)4-11/h2-3,13H,4H2,1H3. The van der Waals surface area contributed by atoms with Crippen molar-refractivity contribution in [3.8, 4) is 17.6 Å². The number of Topliss-reactive ketones (excluding diaryl/α,β-unsaturated/α-hetero) is 1. The summed E-state index contributed by atoms with van der Waals surface area (Å²) in [7, 11) is 1.37. The summed E-state index contributed by atoms with van der Waals surface area (Å²) in [6, 6.07) is 4.26. The summed E-state index contributed by atoms with van der Waals surface area (Å²) in [6.07, 6.45) is 0. The summed E-state index contributed by atoms with van der Waals surface area (Å²) in [6.45, 7) is 0. The van der Waals surface area contributed by atoms with Crippen molar-refractivity contribution in [2.45, 2.75) is 0 Å². The third-order valence-electron chi connectivity index (χ3n) is 1.86. The van der Waals surface area contributed by atoms with E-state index in [4.69, 9.17) is 21.6 Å². The van der Waals surface area contributed by atoms with E-state index in [0.717, 1.165) is 0 Å². The van der Waals surface area contributed by atoms with Gasteiger partial charge in [0.2, 0.25) is 0 Å². The lowest BCUT2D eigenvalue weighted by Crippen LogP contribution is -2.03. The zero-order valence-electron chi connectivity index (χ0n) is 7.95. The molecule has 1 rings (SSSR count). The normalized spacial score (nSPS) is 9.40. The van der Waals surface area contributed by atoms with Gasteiger partial charge in [-0.05, 0) is 6.07 Å². The second-order valence-electron chi connectivity index (χ2n) is 2.74. The van der Waals surface area contributed by atoms with Crippen LogP contribution in [0.1, 0.15) is 15.9 Å². The molecule has 1 aromatic carbocycles. The van der Waals surface area contributed by atoms with E-state index < -0.39 is 0 Å². The minimum atomic E-state index is -0.367. The minimum absolute atomic E-state index is 0.0537. The van der Waals surface area contributed by atoms with Gasteiger partial charge < -0.3 is 9.84 Å².